The molecule has 0 amide bonds. The van der Waals surface area contributed by atoms with Gasteiger partial charge in [0, 0.05) is 31.6 Å². The zero-order chi connectivity index (χ0) is 109. The second-order valence-electron chi connectivity index (χ2n) is 20.1. The summed E-state index contributed by atoms with van der Waals surface area (Å²) < 4.78 is 517. The number of allylic oxidation sites excluding steroid dienone is 8. The van der Waals surface area contributed by atoms with E-state index in [1.807, 2.05) is 0 Å². The lowest BCUT2D eigenvalue weighted by molar-refractivity contribution is 0.669. The van der Waals surface area contributed by atoms with Crippen molar-refractivity contribution in [3.05, 3.63) is 337 Å². The van der Waals surface area contributed by atoms with Gasteiger partial charge in [0.15, 0.2) is 0 Å². The van der Waals surface area contributed by atoms with E-state index in [0.717, 1.165) is 0 Å². The summed E-state index contributed by atoms with van der Waals surface area (Å²) in [5.41, 5.74) is -12.6. The molecule has 4 unspecified atom stereocenters. The Bertz CT molecular complexity index is 9200. The SMILES string of the molecule is [2H]C1=C([2H])C([2H])C([2H])C([2H])=C1c1c([2H])c([2H])c(C2C(c3c4c([2H])c([2H])c([2H])c([2H])c4c(-c4c([2H])c([2H])c([2H])c5oc6c([2H])c7c([2H])c([2H])c([2H])c([2H])c7c([2H])c6c45)c4c([2H])c([2H])c([2H])c([2H])c34)=C([2H])C([2H])=C([2H])C2[2H])c([2H])c1[2H].[2H]c1c([2H])c([2H])c(-c2c([2H])c([2H])c([2H])c([2H])c2-c2c3c([2H])c([2H])c([2H])c([2H])c3c(-c3c([2H])c([2H])c([2H])c4oc5c([2H])c6c([2H])c([2H])c([2H])c([2H])c6c([2H])c5c34)c3c([2H])c([2H])c([2H])c([2H])c23)c([2H])c1[2H]. The smallest absolute Gasteiger partial charge is 0.136 e. The minimum atomic E-state index is -2.24. The second-order valence-corrected chi connectivity index (χ2v) is 20.1. The Kier molecular flexibility index (Phi) is 5.19. The zero-order valence-electron chi connectivity index (χ0n) is 102. The molecule has 0 saturated heterocycles. The first-order valence-electron chi connectivity index (χ1n) is 55.7. The van der Waals surface area contributed by atoms with Crippen molar-refractivity contribution in [2.45, 2.75) is 25.1 Å². The van der Waals surface area contributed by atoms with Crippen LogP contribution in [-0.4, -0.2) is 0 Å². The second kappa shape index (κ2) is 22.2. The highest BCUT2D eigenvalue weighted by molar-refractivity contribution is 6.28. The number of rotatable bonds is 7. The van der Waals surface area contributed by atoms with Gasteiger partial charge in [-0.1, -0.05) is 284 Å². The van der Waals surface area contributed by atoms with Crippen molar-refractivity contribution in [2.75, 3.05) is 0 Å². The lowest BCUT2D eigenvalue weighted by atomic mass is 9.77. The lowest BCUT2D eigenvalue weighted by Gasteiger charge is -2.26. The molecule has 0 bridgehead atoms. The van der Waals surface area contributed by atoms with Crippen LogP contribution < -0.4 is 0 Å². The molecule has 4 atom stereocenters. The normalized spacial score (nSPS) is 25.7. The highest BCUT2D eigenvalue weighted by Crippen LogP contribution is 2.52. The molecule has 15 aromatic carbocycles. The average Bonchev–Trinajstić information content (AvgIpc) is 1.07. The maximum absolute atomic E-state index is 9.63. The Hall–Kier alpha value is -11.6. The van der Waals surface area contributed by atoms with Crippen LogP contribution in [0.15, 0.2) is 329 Å². The van der Waals surface area contributed by atoms with E-state index in [2.05, 4.69) is 0 Å². The van der Waals surface area contributed by atoms with Crippen molar-refractivity contribution in [1.29, 1.82) is 0 Å². The summed E-state index contributed by atoms with van der Waals surface area (Å²) in [5.74, 6) is -2.22. The van der Waals surface area contributed by atoms with Crippen molar-refractivity contribution in [1.82, 2.24) is 0 Å². The molecule has 17 aromatic rings. The molecule has 2 aliphatic rings. The molecule has 2 aliphatic carbocycles. The molecule has 2 nitrogen and oxygen atoms in total. The number of hydrogen-bond acceptors (Lipinski definition) is 2. The van der Waals surface area contributed by atoms with Gasteiger partial charge >= 0.3 is 0 Å². The lowest BCUT2D eigenvalue weighted by Crippen LogP contribution is -2.06. The molecule has 0 radical (unpaired) electrons. The van der Waals surface area contributed by atoms with Crippen LogP contribution in [0.2, 0.25) is 0 Å². The van der Waals surface area contributed by atoms with Crippen molar-refractivity contribution in [3.8, 4) is 44.5 Å². The topological polar surface area (TPSA) is 26.3 Å². The maximum Gasteiger partial charge on any atom is 0.136 e. The molecule has 432 valence electrons. The molecular formula is C90H60O2. The fourth-order valence-electron chi connectivity index (χ4n) is 11.4. The largest absolute Gasteiger partial charge is 0.456 e. The van der Waals surface area contributed by atoms with E-state index in [4.69, 9.17) is 56.8 Å². The van der Waals surface area contributed by atoms with Crippen LogP contribution in [0.1, 0.15) is 119 Å². The third kappa shape index (κ3) is 8.85. The monoisotopic (exact) mass is 1230 g/mol. The summed E-state index contributed by atoms with van der Waals surface area (Å²) >= 11 is 0. The fraction of sp³-hybridized carbons (Fsp3) is 0.0444. The van der Waals surface area contributed by atoms with Crippen LogP contribution in [-0.2, 0) is 0 Å². The Morgan fingerprint density at radius 1 is 0.326 bits per heavy atom. The highest BCUT2D eigenvalue weighted by atomic mass is 16.3. The number of benzene rings is 15. The Labute approximate surface area is 611 Å². The minimum Gasteiger partial charge on any atom is -0.456 e. The first-order chi connectivity index (χ1) is 69.0. The minimum absolute atomic E-state index is 0.478. The van der Waals surface area contributed by atoms with Crippen molar-refractivity contribution in [3.63, 3.8) is 0 Å². The van der Waals surface area contributed by atoms with Gasteiger partial charge in [0.05, 0.1) is 72.7 Å². The summed E-state index contributed by atoms with van der Waals surface area (Å²) in [7, 11) is 0. The number of hydrogen-bond donors (Lipinski definition) is 0. The number of fused-ring (bicyclic) bond motifs is 12. The first kappa shape index (κ1) is 21.6. The maximum atomic E-state index is 9.63. The van der Waals surface area contributed by atoms with Gasteiger partial charge in [-0.3, -0.25) is 0 Å². The van der Waals surface area contributed by atoms with Gasteiger partial charge in [-0.05, 0) is 192 Å². The van der Waals surface area contributed by atoms with Gasteiger partial charge in [-0.25, -0.2) is 0 Å². The van der Waals surface area contributed by atoms with Gasteiger partial charge in [-0.2, -0.15) is 0 Å². The molecule has 0 N–H and O–H groups in total. The predicted octanol–water partition coefficient (Wildman–Crippen LogP) is 25.6. The Morgan fingerprint density at radius 3 is 1.26 bits per heavy atom. The summed E-state index contributed by atoms with van der Waals surface area (Å²) in [6, 6.07) is -49.9. The summed E-state index contributed by atoms with van der Waals surface area (Å²) in [5, 5.41) is -10.4. The van der Waals surface area contributed by atoms with Crippen LogP contribution in [0.4, 0.5) is 0 Å². The average molecular weight is 1230 g/mol. The van der Waals surface area contributed by atoms with E-state index < -0.39 is 526 Å². The van der Waals surface area contributed by atoms with Crippen LogP contribution in [0.25, 0.3) is 164 Å². The van der Waals surface area contributed by atoms with E-state index in [1.54, 1.807) is 0 Å². The third-order valence-corrected chi connectivity index (χ3v) is 15.2. The zero-order valence-corrected chi connectivity index (χ0v) is 46.1. The summed E-state index contributed by atoms with van der Waals surface area (Å²) in [6.45, 7) is 0. The van der Waals surface area contributed by atoms with Gasteiger partial charge < -0.3 is 8.83 Å². The van der Waals surface area contributed by atoms with Crippen LogP contribution >= 0.6 is 0 Å². The molecule has 0 spiro atoms. The van der Waals surface area contributed by atoms with Crippen LogP contribution in [0.5, 0.6) is 0 Å². The van der Waals surface area contributed by atoms with E-state index in [1.165, 1.54) is 0 Å². The highest BCUT2D eigenvalue weighted by Gasteiger charge is 2.27. The number of furan rings is 2. The predicted molar refractivity (Wildman–Crippen MR) is 391 cm³/mol. The van der Waals surface area contributed by atoms with Crippen molar-refractivity contribution < 1.29 is 85.6 Å². The first-order valence-corrected chi connectivity index (χ1v) is 27.4. The third-order valence-electron chi connectivity index (χ3n) is 15.2. The molecule has 0 aliphatic heterocycles. The van der Waals surface area contributed by atoms with Gasteiger partial charge in [0.2, 0.25) is 0 Å². The molecule has 0 saturated carbocycles. The van der Waals surface area contributed by atoms with Gasteiger partial charge in [0.1, 0.15) is 22.3 Å². The van der Waals surface area contributed by atoms with E-state index in [0.29, 0.717) is 0 Å². The summed E-state index contributed by atoms with van der Waals surface area (Å²) in [6.07, 6.45) is -5.78. The molecule has 2 aromatic heterocycles. The van der Waals surface area contributed by atoms with Crippen LogP contribution in [0, 0.1) is 0 Å². The molecular weight excluding hydrogens is 1110 g/mol. The summed E-state index contributed by atoms with van der Waals surface area (Å²) in [4.78, 5) is 0. The molecule has 0 fully saturated rings. The van der Waals surface area contributed by atoms with Crippen LogP contribution in [0.3, 0.4) is 0 Å². The van der Waals surface area contributed by atoms with Gasteiger partial charge in [-0.15, -0.1) is 0 Å². The Morgan fingerprint density at radius 2 is 0.750 bits per heavy atom. The molecule has 2 heteroatoms. The Balaban J connectivity index is 0.000000195. The van der Waals surface area contributed by atoms with E-state index in [9.17, 15) is 28.8 Å². The molecule has 2 heterocycles. The molecule has 19 rings (SSSR count). The van der Waals surface area contributed by atoms with Gasteiger partial charge in [0.25, 0.3) is 0 Å². The molecule has 92 heavy (non-hydrogen) atoms. The fourth-order valence-corrected chi connectivity index (χ4v) is 11.4. The standard InChI is InChI=1S/C48H34O.C42H26O/c1-2-13-31(14-3-1)32-25-27-33(28-26-32)36-17-6-7-18-37(36)46-38-19-8-10-21-40(38)47(41-22-11-9-20-39(41)46)42-23-12-24-44-48(42)43-29-34-15-4-5-16-35(34)30-45(43)49-44;1-2-13-27(14-3-1)30-17-6-7-18-31(30)40-32-19-8-10-21-34(32)41(35-22-11-9-20-33(35)40)36-23-12-24-38-42(36)37-25-28-15-4-5-16-29(28)26-39(37)43-38/h2,4-16,18-30,36H,1,3,17H2;1-26H/i1D,2D,3D,4D,5D,6D,7D,8D,9D,10D,11D,12D,13D,14D,15D,16D,17D,18D,19D,20D,21D,22D,23D,24D,25D,26D,27D,28D,29D,30D;1D,2D,3D,4D,5D,6D,7D,8D,9D,10D,11D,12D,13D,14D,15D,16D,17D,18D,19D,20D,21D,22D,23D,24D,25D,26D. The quantitative estimate of drug-likeness (QED) is 0.149. The van der Waals surface area contributed by atoms with E-state index >= 15 is 0 Å². The van der Waals surface area contributed by atoms with Crippen molar-refractivity contribution in [2.24, 2.45) is 0 Å². The van der Waals surface area contributed by atoms with E-state index in [-0.39, 0.29) is 0 Å². The van der Waals surface area contributed by atoms with Crippen molar-refractivity contribution >= 4 is 120 Å².